The molecule has 2 fully saturated rings. The number of pyridine rings is 1. The zero-order valence-corrected chi connectivity index (χ0v) is 24.0. The Labute approximate surface area is 234 Å². The molecule has 1 saturated heterocycles. The molecule has 0 spiro atoms. The van der Waals surface area contributed by atoms with Crippen molar-refractivity contribution in [3.63, 3.8) is 0 Å². The van der Waals surface area contributed by atoms with E-state index >= 15 is 4.39 Å². The molecule has 1 aliphatic heterocycles. The second-order valence-electron chi connectivity index (χ2n) is 10.5. The van der Waals surface area contributed by atoms with Crippen LogP contribution in [0.25, 0.3) is 0 Å². The number of hydrogen-bond acceptors (Lipinski definition) is 6. The van der Waals surface area contributed by atoms with Crippen molar-refractivity contribution in [3.05, 3.63) is 86.9 Å². The fourth-order valence-corrected chi connectivity index (χ4v) is 7.25. The standard InChI is InChI=1S/C30H35ClFNO5P/c1-19-15-28(36-18-39(35)37-14-13-27(38-39)22-9-6-10-23(31)16-22)29(32)20(2)25(19)17-24-11-12-26(34)30(33-24)21-7-4-3-5-8-21/h6,9-12,15-16,21,27,34-35H,3-5,7-8,13-14,17-18H2,1-2H3. The van der Waals surface area contributed by atoms with Crippen LogP contribution >= 0.6 is 19.5 Å². The highest BCUT2D eigenvalue weighted by atomic mass is 35.5. The molecular weight excluding hydrogens is 540 g/mol. The van der Waals surface area contributed by atoms with Crippen molar-refractivity contribution < 1.29 is 28.2 Å². The van der Waals surface area contributed by atoms with Gasteiger partial charge in [0.25, 0.3) is 7.94 Å². The number of halogens is 2. The highest BCUT2D eigenvalue weighted by molar-refractivity contribution is 7.60. The van der Waals surface area contributed by atoms with Crippen LogP contribution in [0.4, 0.5) is 4.39 Å². The first kappa shape index (κ1) is 28.3. The summed E-state index contributed by atoms with van der Waals surface area (Å²) >= 11 is 6.12. The Bertz CT molecular complexity index is 1330. The van der Waals surface area contributed by atoms with Gasteiger partial charge in [0.2, 0.25) is 0 Å². The van der Waals surface area contributed by atoms with E-state index in [9.17, 15) is 10.00 Å². The van der Waals surface area contributed by atoms with E-state index in [2.05, 4.69) is 0 Å². The molecule has 0 bridgehead atoms. The third kappa shape index (κ3) is 6.55. The van der Waals surface area contributed by atoms with E-state index in [-0.39, 0.29) is 29.9 Å². The Morgan fingerprint density at radius 3 is 2.67 bits per heavy atom. The molecule has 1 saturated carbocycles. The minimum absolute atomic E-state index is 0.0424. The van der Waals surface area contributed by atoms with Crippen molar-refractivity contribution >= 4 is 19.5 Å². The van der Waals surface area contributed by atoms with Gasteiger partial charge < -0.3 is 23.8 Å². The van der Waals surface area contributed by atoms with E-state index in [1.807, 2.05) is 19.1 Å². The molecule has 2 N–H and O–H groups in total. The molecule has 6 nitrogen and oxygen atoms in total. The van der Waals surface area contributed by atoms with Gasteiger partial charge in [-0.2, -0.15) is 0 Å². The van der Waals surface area contributed by atoms with E-state index in [1.54, 1.807) is 37.3 Å². The maximum Gasteiger partial charge on any atom is 0.269 e. The molecule has 9 heteroatoms. The van der Waals surface area contributed by atoms with Gasteiger partial charge in [-0.3, -0.25) is 4.98 Å². The average molecular weight is 575 g/mol. The second-order valence-corrected chi connectivity index (χ2v) is 12.9. The topological polar surface area (TPSA) is 81.0 Å². The van der Waals surface area contributed by atoms with E-state index in [4.69, 9.17) is 30.4 Å². The van der Waals surface area contributed by atoms with Gasteiger partial charge in [-0.1, -0.05) is 43.0 Å². The Morgan fingerprint density at radius 2 is 1.90 bits per heavy atom. The molecule has 39 heavy (non-hydrogen) atoms. The quantitative estimate of drug-likeness (QED) is 0.277. The summed E-state index contributed by atoms with van der Waals surface area (Å²) in [7, 11) is -3.37. The van der Waals surface area contributed by atoms with Crippen molar-refractivity contribution in [2.45, 2.75) is 70.8 Å². The van der Waals surface area contributed by atoms with E-state index in [0.717, 1.165) is 53.8 Å². The molecule has 2 heterocycles. The summed E-state index contributed by atoms with van der Waals surface area (Å²) in [5, 5.41) is 11.0. The summed E-state index contributed by atoms with van der Waals surface area (Å²) in [6.45, 7) is 3.93. The largest absolute Gasteiger partial charge is 0.506 e. The maximum absolute atomic E-state index is 15.5. The molecule has 1 aromatic heterocycles. The number of rotatable bonds is 7. The molecule has 5 rings (SSSR count). The summed E-state index contributed by atoms with van der Waals surface area (Å²) in [4.78, 5) is 15.8. The number of ether oxygens (including phenoxy) is 1. The van der Waals surface area contributed by atoms with Crippen LogP contribution in [0.15, 0.2) is 42.5 Å². The first-order valence-corrected chi connectivity index (χ1v) is 15.7. The first-order valence-electron chi connectivity index (χ1n) is 13.5. The smallest absolute Gasteiger partial charge is 0.269 e. The highest BCUT2D eigenvalue weighted by Crippen LogP contribution is 2.63. The monoisotopic (exact) mass is 574 g/mol. The molecule has 2 unspecified atom stereocenters. The van der Waals surface area contributed by atoms with Crippen molar-refractivity contribution in [3.8, 4) is 11.5 Å². The number of hydrogen-bond donors (Lipinski definition) is 2. The highest BCUT2D eigenvalue weighted by Gasteiger charge is 2.38. The molecule has 209 valence electrons. The molecule has 1 radical (unpaired) electrons. The zero-order chi connectivity index (χ0) is 27.6. The normalized spacial score (nSPS) is 22.1. The Balaban J connectivity index is 1.30. The third-order valence-corrected chi connectivity index (χ3v) is 9.56. The Kier molecular flexibility index (Phi) is 8.75. The maximum atomic E-state index is 15.5. The number of benzene rings is 2. The number of nitrogens with zero attached hydrogens (tertiary/aromatic N) is 1. The summed E-state index contributed by atoms with van der Waals surface area (Å²) in [5.41, 5.74) is 4.54. The second kappa shape index (κ2) is 12.1. The van der Waals surface area contributed by atoms with Crippen LogP contribution < -0.4 is 4.74 Å². The van der Waals surface area contributed by atoms with Crippen LogP contribution in [0.3, 0.4) is 0 Å². The summed E-state index contributed by atoms with van der Waals surface area (Å²) in [6.07, 6.45) is 5.93. The molecular formula is C30H35ClFNO5P. The van der Waals surface area contributed by atoms with Crippen LogP contribution in [0.5, 0.6) is 11.5 Å². The fraction of sp³-hybridized carbons (Fsp3) is 0.433. The fourth-order valence-electron chi connectivity index (χ4n) is 5.54. The van der Waals surface area contributed by atoms with E-state index < -0.39 is 13.8 Å². The van der Waals surface area contributed by atoms with Gasteiger partial charge in [0.15, 0.2) is 17.9 Å². The van der Waals surface area contributed by atoms with Crippen molar-refractivity contribution in [1.29, 1.82) is 0 Å². The van der Waals surface area contributed by atoms with Crippen molar-refractivity contribution in [1.82, 2.24) is 4.98 Å². The molecule has 1 aliphatic carbocycles. The first-order chi connectivity index (χ1) is 18.7. The minimum atomic E-state index is -3.37. The molecule has 3 aromatic rings. The van der Waals surface area contributed by atoms with Gasteiger partial charge >= 0.3 is 0 Å². The third-order valence-electron chi connectivity index (χ3n) is 7.70. The van der Waals surface area contributed by atoms with Crippen molar-refractivity contribution in [2.75, 3.05) is 13.0 Å². The summed E-state index contributed by atoms with van der Waals surface area (Å²) in [5.74, 6) is 0.0583. The zero-order valence-electron chi connectivity index (χ0n) is 22.3. The van der Waals surface area contributed by atoms with Crippen molar-refractivity contribution in [2.24, 2.45) is 0 Å². The Morgan fingerprint density at radius 1 is 1.10 bits per heavy atom. The van der Waals surface area contributed by atoms with Gasteiger partial charge in [-0.15, -0.1) is 0 Å². The number of aryl methyl sites for hydroxylation is 1. The molecule has 2 aromatic carbocycles. The van der Waals surface area contributed by atoms with Gasteiger partial charge in [0.05, 0.1) is 18.4 Å². The van der Waals surface area contributed by atoms with E-state index in [0.29, 0.717) is 30.0 Å². The molecule has 2 atom stereocenters. The summed E-state index contributed by atoms with van der Waals surface area (Å²) < 4.78 is 32.8. The van der Waals surface area contributed by atoms with Crippen LogP contribution in [0, 0.1) is 19.7 Å². The lowest BCUT2D eigenvalue weighted by molar-refractivity contribution is 0.0515. The summed E-state index contributed by atoms with van der Waals surface area (Å²) in [6, 6.07) is 12.4. The average Bonchev–Trinajstić information content (AvgIpc) is 2.94. The predicted molar refractivity (Wildman–Crippen MR) is 151 cm³/mol. The number of aromatic hydroxyl groups is 1. The minimum Gasteiger partial charge on any atom is -0.506 e. The SMILES string of the molecule is Cc1cc(OC[P]2(O)OCCC(c3cccc(Cl)c3)O2)c(F)c(C)c1Cc1ccc(O)c(C2CCCCC2)n1. The molecule has 0 amide bonds. The van der Waals surface area contributed by atoms with Crippen LogP contribution in [-0.4, -0.2) is 27.9 Å². The number of aromatic nitrogens is 1. The van der Waals surface area contributed by atoms with Gasteiger partial charge in [0.1, 0.15) is 5.75 Å². The van der Waals surface area contributed by atoms with E-state index in [1.165, 1.54) is 6.42 Å². The lowest BCUT2D eigenvalue weighted by Crippen LogP contribution is -2.21. The molecule has 2 aliphatic rings. The van der Waals surface area contributed by atoms with Crippen LogP contribution in [-0.2, 0) is 15.5 Å². The predicted octanol–water partition coefficient (Wildman–Crippen LogP) is 8.10. The lowest BCUT2D eigenvalue weighted by atomic mass is 9.86. The Hall–Kier alpha value is -2.28. The lowest BCUT2D eigenvalue weighted by Gasteiger charge is -2.37. The van der Waals surface area contributed by atoms with Crippen LogP contribution in [0.2, 0.25) is 5.02 Å². The van der Waals surface area contributed by atoms with Gasteiger partial charge in [-0.05, 0) is 79.3 Å². The van der Waals surface area contributed by atoms with Gasteiger partial charge in [-0.25, -0.2) is 4.39 Å². The van der Waals surface area contributed by atoms with Crippen LogP contribution in [0.1, 0.15) is 84.2 Å². The van der Waals surface area contributed by atoms with Gasteiger partial charge in [0, 0.05) is 29.5 Å².